The molecule has 0 aromatic heterocycles. The molecule has 0 atom stereocenters. The summed E-state index contributed by atoms with van der Waals surface area (Å²) in [6.07, 6.45) is 0. The Labute approximate surface area is 117 Å². The zero-order valence-electron chi connectivity index (χ0n) is 9.42. The number of carbonyl (C=O) groups is 1. The number of nitrogens with zero attached hydrogens (tertiary/aromatic N) is 1. The van der Waals surface area contributed by atoms with Crippen LogP contribution in [0.4, 0.5) is 5.69 Å². The van der Waals surface area contributed by atoms with Crippen molar-refractivity contribution in [2.24, 2.45) is 0 Å². The molecule has 0 saturated heterocycles. The molecular formula is C11H10INO5. The number of nitro benzene ring substituents is 1. The Kier molecular flexibility index (Phi) is 5.08. The second-order valence-corrected chi connectivity index (χ2v) is 4.02. The van der Waals surface area contributed by atoms with Crippen molar-refractivity contribution in [2.75, 3.05) is 11.5 Å². The predicted octanol–water partition coefficient (Wildman–Crippen LogP) is 2.47. The van der Waals surface area contributed by atoms with E-state index in [0.29, 0.717) is 0 Å². The number of methoxy groups -OCH3 is 1. The van der Waals surface area contributed by atoms with Gasteiger partial charge in [0.1, 0.15) is 5.76 Å². The first-order chi connectivity index (χ1) is 8.51. The molecule has 0 aliphatic carbocycles. The van der Waals surface area contributed by atoms with Crippen molar-refractivity contribution in [1.29, 1.82) is 0 Å². The fourth-order valence-corrected chi connectivity index (χ4v) is 1.95. The molecule has 0 unspecified atom stereocenters. The van der Waals surface area contributed by atoms with Gasteiger partial charge in [0.05, 0.1) is 17.6 Å². The van der Waals surface area contributed by atoms with E-state index in [9.17, 15) is 20.0 Å². The minimum absolute atomic E-state index is 0.0681. The monoisotopic (exact) mass is 363 g/mol. The molecule has 0 fully saturated rings. The summed E-state index contributed by atoms with van der Waals surface area (Å²) < 4.78 is 4.76. The summed E-state index contributed by atoms with van der Waals surface area (Å²) in [5, 5.41) is 20.6. The van der Waals surface area contributed by atoms with Gasteiger partial charge >= 0.3 is 5.97 Å². The Balaban J connectivity index is 3.27. The zero-order valence-corrected chi connectivity index (χ0v) is 11.6. The molecule has 0 aliphatic rings. The van der Waals surface area contributed by atoms with Gasteiger partial charge in [-0.3, -0.25) is 10.1 Å². The summed E-state index contributed by atoms with van der Waals surface area (Å²) in [4.78, 5) is 21.4. The minimum atomic E-state index is -0.659. The van der Waals surface area contributed by atoms with Crippen LogP contribution in [-0.2, 0) is 9.53 Å². The summed E-state index contributed by atoms with van der Waals surface area (Å²) in [5.74, 6) is -0.964. The van der Waals surface area contributed by atoms with Crippen LogP contribution in [0.1, 0.15) is 5.56 Å². The number of nitro groups is 1. The van der Waals surface area contributed by atoms with Crippen molar-refractivity contribution < 1.29 is 19.6 Å². The van der Waals surface area contributed by atoms with Gasteiger partial charge in [0, 0.05) is 22.1 Å². The number of benzene rings is 1. The van der Waals surface area contributed by atoms with E-state index in [2.05, 4.69) is 4.74 Å². The number of esters is 1. The molecule has 0 bridgehead atoms. The summed E-state index contributed by atoms with van der Waals surface area (Å²) >= 11 is 1.90. The Bertz CT molecular complexity index is 512. The SMILES string of the molecule is COC(=O)/C(CI)=C(/O)c1cccc([N+](=O)[O-])c1. The van der Waals surface area contributed by atoms with Gasteiger partial charge in [0.15, 0.2) is 0 Å². The number of non-ortho nitro benzene ring substituents is 1. The van der Waals surface area contributed by atoms with Crippen molar-refractivity contribution in [3.05, 3.63) is 45.5 Å². The number of ether oxygens (including phenoxy) is 1. The van der Waals surface area contributed by atoms with Crippen LogP contribution < -0.4 is 0 Å². The van der Waals surface area contributed by atoms with Gasteiger partial charge in [-0.25, -0.2) is 4.79 Å². The number of carbonyl (C=O) groups excluding carboxylic acids is 1. The van der Waals surface area contributed by atoms with Crippen LogP contribution in [0.25, 0.3) is 5.76 Å². The number of rotatable bonds is 4. The third-order valence-corrected chi connectivity index (χ3v) is 2.94. The standard InChI is InChI=1S/C11H10INO5/c1-18-11(15)9(6-12)10(14)7-3-2-4-8(5-7)13(16)17/h2-5,14H,6H2,1H3/b10-9+. The Morgan fingerprint density at radius 1 is 1.56 bits per heavy atom. The quantitative estimate of drug-likeness (QED) is 0.169. The topological polar surface area (TPSA) is 89.7 Å². The molecule has 0 aliphatic heterocycles. The normalized spacial score (nSPS) is 11.7. The van der Waals surface area contributed by atoms with Crippen LogP contribution in [0.3, 0.4) is 0 Å². The first-order valence-corrected chi connectivity index (χ1v) is 6.35. The van der Waals surface area contributed by atoms with Crippen molar-refractivity contribution in [2.45, 2.75) is 0 Å². The molecule has 18 heavy (non-hydrogen) atoms. The van der Waals surface area contributed by atoms with Crippen LogP contribution in [0.5, 0.6) is 0 Å². The Morgan fingerprint density at radius 3 is 2.72 bits per heavy atom. The summed E-state index contributed by atoms with van der Waals surface area (Å²) in [6, 6.07) is 5.42. The van der Waals surface area contributed by atoms with Gasteiger partial charge in [-0.1, -0.05) is 34.7 Å². The highest BCUT2D eigenvalue weighted by Gasteiger charge is 2.17. The lowest BCUT2D eigenvalue weighted by atomic mass is 10.1. The smallest absolute Gasteiger partial charge is 0.338 e. The Morgan fingerprint density at radius 2 is 2.22 bits per heavy atom. The van der Waals surface area contributed by atoms with Crippen LogP contribution in [0.2, 0.25) is 0 Å². The maximum atomic E-state index is 11.4. The van der Waals surface area contributed by atoms with Crippen LogP contribution >= 0.6 is 22.6 Å². The molecule has 0 spiro atoms. The minimum Gasteiger partial charge on any atom is -0.507 e. The van der Waals surface area contributed by atoms with E-state index in [-0.39, 0.29) is 27.0 Å². The van der Waals surface area contributed by atoms with E-state index in [0.717, 1.165) is 0 Å². The van der Waals surface area contributed by atoms with Crippen molar-refractivity contribution in [3.8, 4) is 0 Å². The largest absolute Gasteiger partial charge is 0.507 e. The van der Waals surface area contributed by atoms with Gasteiger partial charge in [-0.15, -0.1) is 0 Å². The van der Waals surface area contributed by atoms with Crippen molar-refractivity contribution in [3.63, 3.8) is 0 Å². The van der Waals surface area contributed by atoms with Crippen LogP contribution in [-0.4, -0.2) is 27.5 Å². The third-order valence-electron chi connectivity index (χ3n) is 2.18. The maximum absolute atomic E-state index is 11.4. The molecule has 0 radical (unpaired) electrons. The molecule has 0 saturated carbocycles. The Hall–Kier alpha value is -1.64. The molecule has 6 nitrogen and oxygen atoms in total. The molecule has 1 rings (SSSR count). The maximum Gasteiger partial charge on any atom is 0.338 e. The molecular weight excluding hydrogens is 353 g/mol. The first-order valence-electron chi connectivity index (χ1n) is 4.82. The highest BCUT2D eigenvalue weighted by molar-refractivity contribution is 14.1. The lowest BCUT2D eigenvalue weighted by Gasteiger charge is -2.06. The van der Waals surface area contributed by atoms with Crippen LogP contribution in [0, 0.1) is 10.1 Å². The lowest BCUT2D eigenvalue weighted by molar-refractivity contribution is -0.384. The summed E-state index contributed by atoms with van der Waals surface area (Å²) in [6.45, 7) is 0. The molecule has 1 N–H and O–H groups in total. The fourth-order valence-electron chi connectivity index (χ4n) is 1.28. The molecule has 1 aromatic rings. The second kappa shape index (κ2) is 6.34. The van der Waals surface area contributed by atoms with Crippen LogP contribution in [0.15, 0.2) is 29.8 Å². The van der Waals surface area contributed by atoms with E-state index in [1.807, 2.05) is 22.6 Å². The number of hydrogen-bond donors (Lipinski definition) is 1. The number of hydrogen-bond acceptors (Lipinski definition) is 5. The van der Waals surface area contributed by atoms with Crippen molar-refractivity contribution >= 4 is 40.0 Å². The molecule has 0 amide bonds. The lowest BCUT2D eigenvalue weighted by Crippen LogP contribution is -2.09. The zero-order chi connectivity index (χ0) is 13.7. The number of aliphatic hydroxyl groups is 1. The molecule has 7 heteroatoms. The van der Waals surface area contributed by atoms with Gasteiger partial charge < -0.3 is 9.84 Å². The predicted molar refractivity (Wildman–Crippen MR) is 73.5 cm³/mol. The fraction of sp³-hybridized carbons (Fsp3) is 0.182. The summed E-state index contributed by atoms with van der Waals surface area (Å²) in [7, 11) is 1.20. The van der Waals surface area contributed by atoms with Gasteiger partial charge in [0.25, 0.3) is 5.69 Å². The van der Waals surface area contributed by atoms with E-state index < -0.39 is 10.9 Å². The summed E-state index contributed by atoms with van der Waals surface area (Å²) in [5.41, 5.74) is 0.122. The number of alkyl halides is 1. The number of halogens is 1. The number of aliphatic hydroxyl groups excluding tert-OH is 1. The molecule has 1 aromatic carbocycles. The highest BCUT2D eigenvalue weighted by atomic mass is 127. The average molecular weight is 363 g/mol. The first kappa shape index (κ1) is 14.4. The molecule has 0 heterocycles. The average Bonchev–Trinajstić information content (AvgIpc) is 2.39. The van der Waals surface area contributed by atoms with Crippen molar-refractivity contribution in [1.82, 2.24) is 0 Å². The second-order valence-electron chi connectivity index (χ2n) is 3.26. The van der Waals surface area contributed by atoms with Gasteiger partial charge in [-0.05, 0) is 0 Å². The third kappa shape index (κ3) is 3.19. The molecule has 96 valence electrons. The van der Waals surface area contributed by atoms with E-state index in [4.69, 9.17) is 0 Å². The van der Waals surface area contributed by atoms with E-state index in [1.165, 1.54) is 31.4 Å². The van der Waals surface area contributed by atoms with E-state index >= 15 is 0 Å². The van der Waals surface area contributed by atoms with E-state index in [1.54, 1.807) is 0 Å². The highest BCUT2D eigenvalue weighted by Crippen LogP contribution is 2.22. The van der Waals surface area contributed by atoms with Gasteiger partial charge in [-0.2, -0.15) is 0 Å². The van der Waals surface area contributed by atoms with Gasteiger partial charge in [0.2, 0.25) is 0 Å².